The third-order valence-electron chi connectivity index (χ3n) is 5.59. The van der Waals surface area contributed by atoms with Crippen molar-refractivity contribution in [2.75, 3.05) is 13.2 Å². The van der Waals surface area contributed by atoms with Crippen molar-refractivity contribution >= 4 is 31.1 Å². The number of hydrogen-bond donors (Lipinski definition) is 1. The van der Waals surface area contributed by atoms with Crippen LogP contribution < -0.4 is 0 Å². The summed E-state index contributed by atoms with van der Waals surface area (Å²) in [7, 11) is -4.23. The van der Waals surface area contributed by atoms with Gasteiger partial charge in [0.15, 0.2) is 17.7 Å². The van der Waals surface area contributed by atoms with Gasteiger partial charge in [-0.05, 0) is 31.2 Å². The molecule has 1 unspecified atom stereocenters. The summed E-state index contributed by atoms with van der Waals surface area (Å²) in [6, 6.07) is 3.85. The number of alkyl halides is 1. The molecule has 13 heteroatoms. The molecule has 180 valence electrons. The van der Waals surface area contributed by atoms with Gasteiger partial charge in [0.05, 0.1) is 25.7 Å². The zero-order chi connectivity index (χ0) is 24.0. The summed E-state index contributed by atoms with van der Waals surface area (Å²) >= 11 is 5.91. The first-order chi connectivity index (χ1) is 15.5. The van der Waals surface area contributed by atoms with Gasteiger partial charge < -0.3 is 9.84 Å². The molecule has 6 atom stereocenters. The molecule has 3 aliphatic heterocycles. The van der Waals surface area contributed by atoms with Crippen LogP contribution in [0.25, 0.3) is 0 Å². The highest BCUT2D eigenvalue weighted by atomic mass is 35.5. The van der Waals surface area contributed by atoms with E-state index in [4.69, 9.17) is 29.9 Å². The molecule has 9 nitrogen and oxygen atoms in total. The lowest BCUT2D eigenvalue weighted by Gasteiger charge is -2.32. The number of phosphoric acid groups is 1. The first-order valence-corrected chi connectivity index (χ1v) is 11.9. The van der Waals surface area contributed by atoms with Crippen molar-refractivity contribution in [3.8, 4) is 0 Å². The van der Waals surface area contributed by atoms with Gasteiger partial charge in [0.1, 0.15) is 18.0 Å². The van der Waals surface area contributed by atoms with E-state index in [2.05, 4.69) is 0 Å². The largest absolute Gasteiger partial charge is 0.475 e. The maximum Gasteiger partial charge on any atom is 0.475 e. The number of amides is 1. The predicted octanol–water partition coefficient (Wildman–Crippen LogP) is 3.21. The van der Waals surface area contributed by atoms with Crippen molar-refractivity contribution < 1.29 is 46.3 Å². The van der Waals surface area contributed by atoms with Crippen molar-refractivity contribution in [3.05, 3.63) is 46.9 Å². The van der Waals surface area contributed by atoms with Crippen LogP contribution in [0.3, 0.4) is 0 Å². The number of aliphatic hydroxyl groups is 1. The topological polar surface area (TPSA) is 112 Å². The molecular weight excluding hydrogens is 487 g/mol. The monoisotopic (exact) mass is 507 g/mol. The summed E-state index contributed by atoms with van der Waals surface area (Å²) in [5, 5.41) is 10.7. The van der Waals surface area contributed by atoms with E-state index in [1.54, 1.807) is 0 Å². The molecule has 0 aliphatic carbocycles. The number of hydrogen-bond acceptors (Lipinski definition) is 8. The lowest BCUT2D eigenvalue weighted by Crippen LogP contribution is -2.51. The van der Waals surface area contributed by atoms with Gasteiger partial charge in [0.25, 0.3) is 0 Å². The van der Waals surface area contributed by atoms with E-state index < -0.39 is 68.6 Å². The molecule has 0 radical (unpaired) electrons. The van der Waals surface area contributed by atoms with Gasteiger partial charge in [0.2, 0.25) is 5.91 Å². The molecule has 2 saturated heterocycles. The molecule has 0 aromatic heterocycles. The molecule has 1 amide bonds. The standard InChI is InChI=1S/C20H21ClF2NO8P/c1-20(23)18(27)16(31-19(20)24-6-4-12(25)9-17(24)26)10-30-33(28)29-7-5-15(32-33)13-8-11(21)2-3-14(13)22/h2-4,6,8,15-16,18-19,27H,5,7,9-10H2,1H3/t15-,16+,18+,19+,20+,33?/m0/s1. The highest BCUT2D eigenvalue weighted by Gasteiger charge is 2.57. The second kappa shape index (κ2) is 9.14. The number of aliphatic hydroxyl groups excluding tert-OH is 1. The normalized spacial score (nSPS) is 37.1. The van der Waals surface area contributed by atoms with Crippen molar-refractivity contribution in [3.63, 3.8) is 0 Å². The van der Waals surface area contributed by atoms with Crippen LogP contribution in [0.1, 0.15) is 31.4 Å². The van der Waals surface area contributed by atoms with Crippen LogP contribution in [0.4, 0.5) is 8.78 Å². The Hall–Kier alpha value is -1.72. The second-order valence-corrected chi connectivity index (χ2v) is 10.1. The molecule has 1 aromatic carbocycles. The molecule has 3 heterocycles. The van der Waals surface area contributed by atoms with Gasteiger partial charge in [-0.1, -0.05) is 11.6 Å². The maximum atomic E-state index is 15.3. The minimum atomic E-state index is -4.23. The third-order valence-corrected chi connectivity index (χ3v) is 7.30. The van der Waals surface area contributed by atoms with Crippen molar-refractivity contribution in [2.24, 2.45) is 0 Å². The summed E-state index contributed by atoms with van der Waals surface area (Å²) < 4.78 is 63.6. The van der Waals surface area contributed by atoms with Gasteiger partial charge in [-0.15, -0.1) is 0 Å². The minimum absolute atomic E-state index is 0.0769. The Morgan fingerprint density at radius 1 is 1.39 bits per heavy atom. The van der Waals surface area contributed by atoms with Crippen molar-refractivity contribution in [2.45, 2.75) is 50.0 Å². The van der Waals surface area contributed by atoms with Crippen LogP contribution in [0.2, 0.25) is 5.02 Å². The van der Waals surface area contributed by atoms with Crippen LogP contribution >= 0.6 is 19.4 Å². The van der Waals surface area contributed by atoms with Crippen molar-refractivity contribution in [1.29, 1.82) is 0 Å². The number of nitrogens with zero attached hydrogens (tertiary/aromatic N) is 1. The average Bonchev–Trinajstić information content (AvgIpc) is 2.97. The lowest BCUT2D eigenvalue weighted by atomic mass is 9.97. The van der Waals surface area contributed by atoms with Gasteiger partial charge in [-0.2, -0.15) is 0 Å². The summed E-state index contributed by atoms with van der Waals surface area (Å²) in [6.07, 6.45) is -3.70. The molecule has 0 saturated carbocycles. The predicted molar refractivity (Wildman–Crippen MR) is 109 cm³/mol. The van der Waals surface area contributed by atoms with Crippen molar-refractivity contribution in [1.82, 2.24) is 4.90 Å². The molecule has 4 rings (SSSR count). The Kier molecular flexibility index (Phi) is 6.76. The smallest absolute Gasteiger partial charge is 0.387 e. The number of ketones is 1. The first kappa shape index (κ1) is 24.4. The van der Waals surface area contributed by atoms with Gasteiger partial charge in [-0.3, -0.25) is 28.1 Å². The van der Waals surface area contributed by atoms with E-state index >= 15 is 4.39 Å². The zero-order valence-electron chi connectivity index (χ0n) is 17.4. The molecule has 2 fully saturated rings. The number of carbonyl (C=O) groups excluding carboxylic acids is 2. The van der Waals surface area contributed by atoms with Crippen LogP contribution in [0.15, 0.2) is 30.5 Å². The Labute approximate surface area is 192 Å². The molecule has 0 bridgehead atoms. The molecule has 3 aliphatic rings. The van der Waals surface area contributed by atoms with Gasteiger partial charge in [0, 0.05) is 23.2 Å². The Morgan fingerprint density at radius 3 is 2.88 bits per heavy atom. The average molecular weight is 508 g/mol. The van der Waals surface area contributed by atoms with E-state index in [9.17, 15) is 23.7 Å². The Morgan fingerprint density at radius 2 is 2.15 bits per heavy atom. The molecule has 0 spiro atoms. The summed E-state index contributed by atoms with van der Waals surface area (Å²) in [5.74, 6) is -1.74. The molecular formula is C20H21ClF2NO8P. The van der Waals surface area contributed by atoms with Gasteiger partial charge in [-0.25, -0.2) is 13.3 Å². The van der Waals surface area contributed by atoms with Crippen LogP contribution in [0, 0.1) is 5.82 Å². The Balaban J connectivity index is 1.44. The van der Waals surface area contributed by atoms with E-state index in [-0.39, 0.29) is 23.6 Å². The van der Waals surface area contributed by atoms with E-state index in [0.717, 1.165) is 30.2 Å². The number of benzene rings is 1. The SMILES string of the molecule is C[C@@]1(F)[C@H](O)[C@@H](COP2(=O)OCC[C@@H](c3cc(Cl)ccc3F)O2)O[C@H]1N1C=CC(=O)CC1=O. The minimum Gasteiger partial charge on any atom is -0.387 e. The molecule has 33 heavy (non-hydrogen) atoms. The van der Waals surface area contributed by atoms with E-state index in [1.165, 1.54) is 12.1 Å². The fourth-order valence-corrected chi connectivity index (χ4v) is 5.39. The number of phosphoric ester groups is 1. The number of halogens is 3. The van der Waals surface area contributed by atoms with E-state index in [1.807, 2.05) is 0 Å². The van der Waals surface area contributed by atoms with Crippen LogP contribution in [0.5, 0.6) is 0 Å². The number of carbonyl (C=O) groups is 2. The second-order valence-electron chi connectivity index (χ2n) is 8.01. The third kappa shape index (κ3) is 4.90. The summed E-state index contributed by atoms with van der Waals surface area (Å²) in [4.78, 5) is 24.4. The summed E-state index contributed by atoms with van der Waals surface area (Å²) in [6.45, 7) is 0.351. The highest BCUT2D eigenvalue weighted by molar-refractivity contribution is 7.48. The quantitative estimate of drug-likeness (QED) is 0.478. The van der Waals surface area contributed by atoms with Crippen LogP contribution in [-0.4, -0.2) is 59.0 Å². The molecule has 1 N–H and O–H groups in total. The lowest BCUT2D eigenvalue weighted by molar-refractivity contribution is -0.151. The number of rotatable bonds is 5. The zero-order valence-corrected chi connectivity index (χ0v) is 19.0. The Bertz CT molecular complexity index is 1040. The fraction of sp³-hybridized carbons (Fsp3) is 0.500. The fourth-order valence-electron chi connectivity index (χ4n) is 3.82. The van der Waals surface area contributed by atoms with E-state index in [0.29, 0.717) is 0 Å². The van der Waals surface area contributed by atoms with Crippen LogP contribution in [-0.2, 0) is 32.5 Å². The first-order valence-electron chi connectivity index (χ1n) is 10.1. The number of ether oxygens (including phenoxy) is 1. The number of allylic oxidation sites excluding steroid dienone is 1. The molecule has 1 aromatic rings. The summed E-state index contributed by atoms with van der Waals surface area (Å²) in [5.41, 5.74) is -2.35. The highest BCUT2D eigenvalue weighted by Crippen LogP contribution is 2.57. The van der Waals surface area contributed by atoms with Gasteiger partial charge >= 0.3 is 7.82 Å². The maximum absolute atomic E-state index is 15.3.